The minimum absolute atomic E-state index is 0.0759. The Bertz CT molecular complexity index is 1320. The van der Waals surface area contributed by atoms with Crippen molar-refractivity contribution >= 4 is 27.3 Å². The van der Waals surface area contributed by atoms with E-state index in [1.807, 2.05) is 0 Å². The lowest BCUT2D eigenvalue weighted by Gasteiger charge is -2.31. The maximum absolute atomic E-state index is 13.6. The van der Waals surface area contributed by atoms with E-state index in [1.54, 1.807) is 7.05 Å². The number of aliphatic hydroxyl groups is 1. The Kier molecular flexibility index (Phi) is 7.27. The summed E-state index contributed by atoms with van der Waals surface area (Å²) >= 11 is 0.470. The molecule has 4 rings (SSSR count). The molecule has 1 unspecified atom stereocenters. The van der Waals surface area contributed by atoms with Gasteiger partial charge in [0.2, 0.25) is 5.95 Å². The molecule has 1 atom stereocenters. The summed E-state index contributed by atoms with van der Waals surface area (Å²) in [6, 6.07) is -0.331. The number of hydrogen-bond acceptors (Lipinski definition) is 9. The number of hydrogen-bond donors (Lipinski definition) is 2. The van der Waals surface area contributed by atoms with Crippen LogP contribution >= 0.6 is 11.3 Å². The summed E-state index contributed by atoms with van der Waals surface area (Å²) in [5.74, 6) is -0.145. The minimum Gasteiger partial charge on any atom is -0.380 e. The van der Waals surface area contributed by atoms with E-state index in [2.05, 4.69) is 25.3 Å². The van der Waals surface area contributed by atoms with Crippen LogP contribution in [0.25, 0.3) is 10.6 Å². The monoisotopic (exact) mass is 553 g/mol. The molecule has 0 radical (unpaired) electrons. The second-order valence-electron chi connectivity index (χ2n) is 8.00. The molecule has 0 amide bonds. The molecule has 1 aliphatic heterocycles. The number of aliphatic hydroxyl groups excluding tert-OH is 1. The predicted molar refractivity (Wildman–Crippen MR) is 118 cm³/mol. The lowest BCUT2D eigenvalue weighted by atomic mass is 10.1. The second kappa shape index (κ2) is 9.95. The normalized spacial score (nSPS) is 17.0. The van der Waals surface area contributed by atoms with Crippen LogP contribution < -0.4 is 5.32 Å². The summed E-state index contributed by atoms with van der Waals surface area (Å²) in [6.45, 7) is 0.293. The molecule has 4 heterocycles. The number of rotatable bonds is 7. The fourth-order valence-corrected chi connectivity index (χ4v) is 5.91. The number of imidazole rings is 1. The second-order valence-corrected chi connectivity index (χ2v) is 10.9. The zero-order chi connectivity index (χ0) is 26.3. The number of thiazole rings is 1. The number of piperidine rings is 1. The lowest BCUT2D eigenvalue weighted by Crippen LogP contribution is -2.42. The van der Waals surface area contributed by atoms with Gasteiger partial charge in [-0.2, -0.15) is 17.5 Å². The van der Waals surface area contributed by atoms with E-state index in [4.69, 9.17) is 0 Å². The minimum atomic E-state index is -4.83. The van der Waals surface area contributed by atoms with Gasteiger partial charge < -0.3 is 15.0 Å². The highest BCUT2D eigenvalue weighted by molar-refractivity contribution is 7.89. The van der Waals surface area contributed by atoms with Gasteiger partial charge in [-0.3, -0.25) is 0 Å². The standard InChI is InChI=1S/C19H20F5N7O3S2/c1-30-8-13(27-9-30)36(33,34)31-4-2-10(3-5-31)28-18-26-6-11(19(22,23)24)14(29-18)12-7-25-17(35-12)15(32)16(20)21/h6-10,15-16,32H,2-5H2,1H3,(H,26,28,29). The Morgan fingerprint density at radius 2 is 1.86 bits per heavy atom. The van der Waals surface area contributed by atoms with Crippen LogP contribution in [0, 0.1) is 0 Å². The first-order chi connectivity index (χ1) is 16.9. The fraction of sp³-hybridized carbons (Fsp3) is 0.474. The smallest absolute Gasteiger partial charge is 0.380 e. The van der Waals surface area contributed by atoms with Gasteiger partial charge in [-0.05, 0) is 12.8 Å². The van der Waals surface area contributed by atoms with Crippen LogP contribution in [-0.4, -0.2) is 67.9 Å². The van der Waals surface area contributed by atoms with Crippen molar-refractivity contribution in [2.45, 2.75) is 42.6 Å². The highest BCUT2D eigenvalue weighted by Crippen LogP contribution is 2.39. The van der Waals surface area contributed by atoms with E-state index in [0.29, 0.717) is 30.4 Å². The summed E-state index contributed by atoms with van der Waals surface area (Å²) in [7, 11) is -2.13. The predicted octanol–water partition coefficient (Wildman–Crippen LogP) is 2.92. The van der Waals surface area contributed by atoms with E-state index in [-0.39, 0.29) is 35.0 Å². The number of anilines is 1. The van der Waals surface area contributed by atoms with E-state index < -0.39 is 45.0 Å². The van der Waals surface area contributed by atoms with Gasteiger partial charge in [-0.1, -0.05) is 0 Å². The number of aryl methyl sites for hydroxylation is 1. The van der Waals surface area contributed by atoms with Crippen molar-refractivity contribution in [1.29, 1.82) is 0 Å². The molecular weight excluding hydrogens is 533 g/mol. The average Bonchev–Trinajstić information content (AvgIpc) is 3.48. The van der Waals surface area contributed by atoms with Crippen LogP contribution in [0.5, 0.6) is 0 Å². The molecule has 0 aromatic carbocycles. The van der Waals surface area contributed by atoms with Crippen LogP contribution in [0.2, 0.25) is 0 Å². The number of nitrogens with zero attached hydrogens (tertiary/aromatic N) is 6. The first-order valence-electron chi connectivity index (χ1n) is 10.5. The Labute approximate surface area is 205 Å². The van der Waals surface area contributed by atoms with Crippen molar-refractivity contribution in [3.8, 4) is 10.6 Å². The van der Waals surface area contributed by atoms with E-state index in [0.717, 1.165) is 6.20 Å². The largest absolute Gasteiger partial charge is 0.420 e. The summed E-state index contributed by atoms with van der Waals surface area (Å²) in [6.07, 6.45) is -5.27. The SMILES string of the molecule is Cn1cnc(S(=O)(=O)N2CCC(Nc3ncc(C(F)(F)F)c(-c4cnc(C(O)C(F)F)s4)n3)CC2)c1. The van der Waals surface area contributed by atoms with Gasteiger partial charge in [0.25, 0.3) is 16.4 Å². The van der Waals surface area contributed by atoms with Crippen molar-refractivity contribution in [2.24, 2.45) is 7.05 Å². The average molecular weight is 554 g/mol. The molecule has 2 N–H and O–H groups in total. The summed E-state index contributed by atoms with van der Waals surface area (Å²) in [4.78, 5) is 15.0. The summed E-state index contributed by atoms with van der Waals surface area (Å²) in [5.41, 5.74) is -1.76. The van der Waals surface area contributed by atoms with Gasteiger partial charge in [0.05, 0.1) is 16.9 Å². The van der Waals surface area contributed by atoms with E-state index >= 15 is 0 Å². The molecule has 0 bridgehead atoms. The highest BCUT2D eigenvalue weighted by atomic mass is 32.2. The molecule has 0 aliphatic carbocycles. The third-order valence-electron chi connectivity index (χ3n) is 5.42. The molecule has 1 fully saturated rings. The van der Waals surface area contributed by atoms with Gasteiger partial charge in [0.1, 0.15) is 10.6 Å². The quantitative estimate of drug-likeness (QED) is 0.428. The molecule has 36 heavy (non-hydrogen) atoms. The van der Waals surface area contributed by atoms with Gasteiger partial charge >= 0.3 is 6.18 Å². The Hall–Kier alpha value is -2.76. The Morgan fingerprint density at radius 3 is 2.44 bits per heavy atom. The number of alkyl halides is 5. The molecule has 1 saturated heterocycles. The van der Waals surface area contributed by atoms with Gasteiger partial charge in [-0.25, -0.2) is 37.1 Å². The van der Waals surface area contributed by atoms with Crippen molar-refractivity contribution in [3.05, 3.63) is 35.5 Å². The lowest BCUT2D eigenvalue weighted by molar-refractivity contribution is -0.137. The third-order valence-corrected chi connectivity index (χ3v) is 8.27. The molecule has 0 spiro atoms. The van der Waals surface area contributed by atoms with Crippen molar-refractivity contribution < 1.29 is 35.5 Å². The molecular formula is C19H20F5N7O3S2. The van der Waals surface area contributed by atoms with Crippen molar-refractivity contribution in [3.63, 3.8) is 0 Å². The zero-order valence-electron chi connectivity index (χ0n) is 18.5. The van der Waals surface area contributed by atoms with Gasteiger partial charge in [0.15, 0.2) is 11.1 Å². The topological polar surface area (TPSA) is 126 Å². The molecule has 3 aromatic heterocycles. The van der Waals surface area contributed by atoms with E-state index in [1.165, 1.54) is 21.4 Å². The fourth-order valence-electron chi connectivity index (χ4n) is 3.57. The summed E-state index contributed by atoms with van der Waals surface area (Å²) in [5, 5.41) is 11.9. The van der Waals surface area contributed by atoms with Crippen LogP contribution in [0.4, 0.5) is 27.9 Å². The number of aromatic nitrogens is 5. The molecule has 10 nitrogen and oxygen atoms in total. The summed E-state index contributed by atoms with van der Waals surface area (Å²) < 4.78 is 94.5. The van der Waals surface area contributed by atoms with Crippen LogP contribution in [0.3, 0.4) is 0 Å². The molecule has 196 valence electrons. The highest BCUT2D eigenvalue weighted by Gasteiger charge is 2.37. The third kappa shape index (κ3) is 5.47. The first kappa shape index (κ1) is 26.3. The maximum Gasteiger partial charge on any atom is 0.420 e. The molecule has 1 aliphatic rings. The molecule has 17 heteroatoms. The number of halogens is 5. The molecule has 3 aromatic rings. The van der Waals surface area contributed by atoms with Crippen LogP contribution in [0.1, 0.15) is 29.5 Å². The van der Waals surface area contributed by atoms with Gasteiger partial charge in [0, 0.05) is 44.8 Å². The van der Waals surface area contributed by atoms with Crippen molar-refractivity contribution in [1.82, 2.24) is 28.8 Å². The maximum atomic E-state index is 13.6. The van der Waals surface area contributed by atoms with Crippen LogP contribution in [0.15, 0.2) is 29.9 Å². The Morgan fingerprint density at radius 1 is 1.17 bits per heavy atom. The van der Waals surface area contributed by atoms with Crippen LogP contribution in [-0.2, 0) is 23.2 Å². The number of nitrogens with one attached hydrogen (secondary N) is 1. The number of sulfonamides is 1. The van der Waals surface area contributed by atoms with Crippen molar-refractivity contribution in [2.75, 3.05) is 18.4 Å². The molecule has 0 saturated carbocycles. The zero-order valence-corrected chi connectivity index (χ0v) is 20.2. The van der Waals surface area contributed by atoms with E-state index in [9.17, 15) is 35.5 Å². The Balaban J connectivity index is 1.51. The first-order valence-corrected chi connectivity index (χ1v) is 12.7. The van der Waals surface area contributed by atoms with Gasteiger partial charge in [-0.15, -0.1) is 11.3 Å².